The highest BCUT2D eigenvalue weighted by Gasteiger charge is 2.21. The van der Waals surface area contributed by atoms with Crippen molar-refractivity contribution < 1.29 is 9.53 Å². The average molecular weight is 312 g/mol. The Hall–Kier alpha value is -2.74. The summed E-state index contributed by atoms with van der Waals surface area (Å²) in [6.07, 6.45) is 8.60. The second kappa shape index (κ2) is 5.81. The third-order valence-electron chi connectivity index (χ3n) is 3.84. The second-order valence-corrected chi connectivity index (χ2v) is 5.47. The van der Waals surface area contributed by atoms with Crippen LogP contribution in [0.3, 0.4) is 0 Å². The van der Waals surface area contributed by atoms with Gasteiger partial charge in [0.1, 0.15) is 6.33 Å². The van der Waals surface area contributed by atoms with E-state index in [0.717, 1.165) is 19.4 Å². The van der Waals surface area contributed by atoms with Gasteiger partial charge in [-0.3, -0.25) is 9.36 Å². The van der Waals surface area contributed by atoms with E-state index < -0.39 is 0 Å². The third-order valence-corrected chi connectivity index (χ3v) is 3.84. The summed E-state index contributed by atoms with van der Waals surface area (Å²) < 4.78 is 7.08. The first-order valence-electron chi connectivity index (χ1n) is 7.53. The predicted octanol–water partition coefficient (Wildman–Crippen LogP) is 1.05. The van der Waals surface area contributed by atoms with Crippen molar-refractivity contribution in [1.29, 1.82) is 0 Å². The van der Waals surface area contributed by atoms with E-state index in [1.54, 1.807) is 29.5 Å². The van der Waals surface area contributed by atoms with Crippen LogP contribution < -0.4 is 5.32 Å². The lowest BCUT2D eigenvalue weighted by Crippen LogP contribution is -2.41. The van der Waals surface area contributed by atoms with Gasteiger partial charge in [-0.05, 0) is 18.9 Å². The Bertz CT molecular complexity index is 820. The van der Waals surface area contributed by atoms with E-state index in [2.05, 4.69) is 25.3 Å². The highest BCUT2D eigenvalue weighted by atomic mass is 16.5. The van der Waals surface area contributed by atoms with Gasteiger partial charge in [-0.2, -0.15) is 0 Å². The number of amides is 1. The Labute approximate surface area is 131 Å². The van der Waals surface area contributed by atoms with E-state index in [-0.39, 0.29) is 11.9 Å². The highest BCUT2D eigenvalue weighted by Crippen LogP contribution is 2.16. The molecule has 1 atom stereocenters. The number of carbonyl (C=O) groups is 1. The Balaban J connectivity index is 1.69. The molecule has 0 saturated carbocycles. The molecule has 0 unspecified atom stereocenters. The Morgan fingerprint density at radius 2 is 2.39 bits per heavy atom. The van der Waals surface area contributed by atoms with Crippen molar-refractivity contribution in [2.75, 3.05) is 13.2 Å². The monoisotopic (exact) mass is 312 g/mol. The van der Waals surface area contributed by atoms with E-state index in [9.17, 15) is 4.79 Å². The summed E-state index contributed by atoms with van der Waals surface area (Å²) in [5, 5.41) is 2.99. The average Bonchev–Trinajstić information content (AvgIpc) is 3.26. The van der Waals surface area contributed by atoms with Gasteiger partial charge in [0.2, 0.25) is 5.95 Å². The van der Waals surface area contributed by atoms with Gasteiger partial charge < -0.3 is 15.0 Å². The fourth-order valence-corrected chi connectivity index (χ4v) is 2.70. The van der Waals surface area contributed by atoms with E-state index in [1.165, 1.54) is 0 Å². The van der Waals surface area contributed by atoms with Crippen LogP contribution in [-0.2, 0) is 4.74 Å². The molecular formula is C15H16N6O2. The fraction of sp³-hybridized carbons (Fsp3) is 0.333. The highest BCUT2D eigenvalue weighted by molar-refractivity contribution is 6.03. The van der Waals surface area contributed by atoms with Crippen LogP contribution in [-0.4, -0.2) is 49.7 Å². The molecule has 0 aromatic carbocycles. The molecule has 1 amide bonds. The predicted molar refractivity (Wildman–Crippen MR) is 82.3 cm³/mol. The van der Waals surface area contributed by atoms with Crippen LogP contribution in [0.5, 0.6) is 0 Å². The van der Waals surface area contributed by atoms with Crippen molar-refractivity contribution in [3.8, 4) is 5.95 Å². The zero-order chi connectivity index (χ0) is 15.6. The van der Waals surface area contributed by atoms with Crippen LogP contribution in [0, 0.1) is 0 Å². The molecule has 8 heteroatoms. The number of nitrogens with one attached hydrogen (secondary N) is 2. The fourth-order valence-electron chi connectivity index (χ4n) is 2.70. The molecular weight excluding hydrogens is 296 g/mol. The molecule has 0 spiro atoms. The van der Waals surface area contributed by atoms with Gasteiger partial charge >= 0.3 is 0 Å². The zero-order valence-electron chi connectivity index (χ0n) is 12.4. The van der Waals surface area contributed by atoms with Gasteiger partial charge in [0.05, 0.1) is 23.7 Å². The molecule has 1 fully saturated rings. The molecule has 1 saturated heterocycles. The number of aromatic nitrogens is 5. The van der Waals surface area contributed by atoms with Crippen molar-refractivity contribution in [2.24, 2.45) is 0 Å². The molecule has 23 heavy (non-hydrogen) atoms. The Kier molecular flexibility index (Phi) is 3.51. The minimum Gasteiger partial charge on any atom is -0.379 e. The number of hydrogen-bond donors (Lipinski definition) is 2. The topological polar surface area (TPSA) is 97.7 Å². The minimum atomic E-state index is -0.225. The normalized spacial score (nSPS) is 18.2. The van der Waals surface area contributed by atoms with Gasteiger partial charge in [0.15, 0.2) is 5.69 Å². The first kappa shape index (κ1) is 13.9. The van der Waals surface area contributed by atoms with E-state index in [4.69, 9.17) is 4.74 Å². The van der Waals surface area contributed by atoms with Gasteiger partial charge in [-0.25, -0.2) is 15.0 Å². The van der Waals surface area contributed by atoms with Gasteiger partial charge in [-0.1, -0.05) is 0 Å². The van der Waals surface area contributed by atoms with Crippen LogP contribution in [0.1, 0.15) is 23.3 Å². The van der Waals surface area contributed by atoms with Crippen LogP contribution in [0.2, 0.25) is 0 Å². The van der Waals surface area contributed by atoms with Crippen LogP contribution in [0.4, 0.5) is 0 Å². The molecule has 4 heterocycles. The zero-order valence-corrected chi connectivity index (χ0v) is 12.4. The maximum absolute atomic E-state index is 12.6. The maximum atomic E-state index is 12.6. The number of carbonyl (C=O) groups excluding carboxylic acids is 1. The summed E-state index contributed by atoms with van der Waals surface area (Å²) in [7, 11) is 0. The lowest BCUT2D eigenvalue weighted by atomic mass is 10.1. The summed E-state index contributed by atoms with van der Waals surface area (Å²) in [5.41, 5.74) is 1.64. The lowest BCUT2D eigenvalue weighted by Gasteiger charge is -2.23. The minimum absolute atomic E-state index is 0.0212. The molecule has 0 radical (unpaired) electrons. The van der Waals surface area contributed by atoms with Crippen LogP contribution in [0.15, 0.2) is 31.0 Å². The third kappa shape index (κ3) is 2.68. The van der Waals surface area contributed by atoms with Gasteiger partial charge in [-0.15, -0.1) is 0 Å². The number of imidazole rings is 1. The number of ether oxygens (including phenoxy) is 1. The van der Waals surface area contributed by atoms with Crippen molar-refractivity contribution in [3.05, 3.63) is 36.7 Å². The summed E-state index contributed by atoms with van der Waals surface area (Å²) in [6.45, 7) is 1.30. The van der Waals surface area contributed by atoms with E-state index in [1.807, 2.05) is 6.07 Å². The maximum Gasteiger partial charge on any atom is 0.272 e. The standard InChI is InChI=1S/C15H16N6O2/c22-14(18-10-2-1-7-23-8-10)13-12-11(3-4-17-12)19-15(20-13)21-6-5-16-9-21/h3-6,9-10,17H,1-2,7-8H2,(H,18,22)/t10-/m1/s1. The number of H-pyrrole nitrogens is 1. The van der Waals surface area contributed by atoms with Gasteiger partial charge in [0, 0.05) is 25.2 Å². The van der Waals surface area contributed by atoms with E-state index in [0.29, 0.717) is 29.3 Å². The van der Waals surface area contributed by atoms with E-state index >= 15 is 0 Å². The van der Waals surface area contributed by atoms with Crippen LogP contribution >= 0.6 is 0 Å². The first-order valence-corrected chi connectivity index (χ1v) is 7.53. The SMILES string of the molecule is O=C(N[C@@H]1CCCOC1)c1nc(-n2ccnc2)nc2cc[nH]c12. The molecule has 118 valence electrons. The Morgan fingerprint density at radius 1 is 1.43 bits per heavy atom. The number of aromatic amines is 1. The number of rotatable bonds is 3. The summed E-state index contributed by atoms with van der Waals surface area (Å²) >= 11 is 0. The Morgan fingerprint density at radius 3 is 3.17 bits per heavy atom. The summed E-state index contributed by atoms with van der Waals surface area (Å²) in [6, 6.07) is 1.84. The molecule has 3 aromatic heterocycles. The van der Waals surface area contributed by atoms with Gasteiger partial charge in [0.25, 0.3) is 5.91 Å². The van der Waals surface area contributed by atoms with Crippen molar-refractivity contribution in [2.45, 2.75) is 18.9 Å². The van der Waals surface area contributed by atoms with Crippen molar-refractivity contribution >= 4 is 16.9 Å². The first-order chi connectivity index (χ1) is 11.3. The molecule has 0 aliphatic carbocycles. The largest absolute Gasteiger partial charge is 0.379 e. The quantitative estimate of drug-likeness (QED) is 0.753. The summed E-state index contributed by atoms with van der Waals surface area (Å²) in [5.74, 6) is 0.191. The summed E-state index contributed by atoms with van der Waals surface area (Å²) in [4.78, 5) is 28.5. The molecule has 1 aliphatic rings. The van der Waals surface area contributed by atoms with Crippen molar-refractivity contribution in [1.82, 2.24) is 29.8 Å². The number of fused-ring (bicyclic) bond motifs is 1. The molecule has 1 aliphatic heterocycles. The molecule has 4 rings (SSSR count). The van der Waals surface area contributed by atoms with Crippen molar-refractivity contribution in [3.63, 3.8) is 0 Å². The second-order valence-electron chi connectivity index (χ2n) is 5.47. The lowest BCUT2D eigenvalue weighted by molar-refractivity contribution is 0.0622. The number of nitrogens with zero attached hydrogens (tertiary/aromatic N) is 4. The molecule has 3 aromatic rings. The smallest absolute Gasteiger partial charge is 0.272 e. The van der Waals surface area contributed by atoms with Crippen LogP contribution in [0.25, 0.3) is 17.0 Å². The number of hydrogen-bond acceptors (Lipinski definition) is 5. The molecule has 8 nitrogen and oxygen atoms in total. The molecule has 2 N–H and O–H groups in total. The molecule has 0 bridgehead atoms.